The summed E-state index contributed by atoms with van der Waals surface area (Å²) in [7, 11) is 0. The van der Waals surface area contributed by atoms with Crippen molar-refractivity contribution in [3.8, 4) is 5.75 Å². The maximum atomic E-state index is 12.8. The Bertz CT molecular complexity index is 1300. The number of halogens is 2. The molecular weight excluding hydrogens is 442 g/mol. The summed E-state index contributed by atoms with van der Waals surface area (Å²) in [6, 6.07) is 14.4. The zero-order chi connectivity index (χ0) is 22.8. The molecule has 4 aromatic rings. The third-order valence-electron chi connectivity index (χ3n) is 4.64. The largest absolute Gasteiger partial charge is 0.433 e. The highest BCUT2D eigenvalue weighted by atomic mass is 32.1. The van der Waals surface area contributed by atoms with Crippen LogP contribution in [0.15, 0.2) is 54.6 Å². The number of nitrogens with one attached hydrogen (secondary N) is 1. The fourth-order valence-corrected chi connectivity index (χ4v) is 4.26. The van der Waals surface area contributed by atoms with Crippen LogP contribution in [0.5, 0.6) is 5.75 Å². The molecule has 0 bridgehead atoms. The molecule has 2 aromatic carbocycles. The normalized spacial score (nSPS) is 11.1. The number of nitro benzene ring substituents is 1. The number of rotatable bonds is 7. The number of nitro groups is 1. The summed E-state index contributed by atoms with van der Waals surface area (Å²) >= 11 is 1.19. The van der Waals surface area contributed by atoms with E-state index in [9.17, 15) is 23.7 Å². The summed E-state index contributed by atoms with van der Waals surface area (Å²) < 4.78 is 31.6. The predicted octanol–water partition coefficient (Wildman–Crippen LogP) is 5.22. The molecule has 0 spiro atoms. The van der Waals surface area contributed by atoms with Crippen LogP contribution in [0.4, 0.5) is 20.2 Å². The summed E-state index contributed by atoms with van der Waals surface area (Å²) in [5, 5.41) is 18.8. The van der Waals surface area contributed by atoms with E-state index in [4.69, 9.17) is 0 Å². The number of nitrogens with zero attached hydrogens (tertiary/aromatic N) is 3. The highest BCUT2D eigenvalue weighted by molar-refractivity contribution is 7.20. The van der Waals surface area contributed by atoms with E-state index >= 15 is 0 Å². The van der Waals surface area contributed by atoms with Crippen LogP contribution >= 0.6 is 11.3 Å². The molecule has 0 aliphatic carbocycles. The van der Waals surface area contributed by atoms with Gasteiger partial charge in [0.05, 0.1) is 27.7 Å². The second-order valence-corrected chi connectivity index (χ2v) is 7.86. The van der Waals surface area contributed by atoms with Gasteiger partial charge in [0, 0.05) is 17.5 Å². The lowest BCUT2D eigenvalue weighted by Crippen LogP contribution is -2.13. The molecule has 0 atom stereocenters. The number of fused-ring (bicyclic) bond motifs is 1. The smallest absolute Gasteiger partial charge is 0.387 e. The molecule has 0 saturated heterocycles. The minimum absolute atomic E-state index is 0.218. The summed E-state index contributed by atoms with van der Waals surface area (Å²) in [5.74, 6) is -0.969. The van der Waals surface area contributed by atoms with Gasteiger partial charge in [-0.3, -0.25) is 19.6 Å². The van der Waals surface area contributed by atoms with E-state index in [0.29, 0.717) is 11.4 Å². The fourth-order valence-electron chi connectivity index (χ4n) is 3.20. The highest BCUT2D eigenvalue weighted by Crippen LogP contribution is 2.33. The molecule has 8 nitrogen and oxygen atoms in total. The zero-order valence-corrected chi connectivity index (χ0v) is 17.4. The van der Waals surface area contributed by atoms with Crippen molar-refractivity contribution >= 4 is 38.8 Å². The zero-order valence-electron chi connectivity index (χ0n) is 16.6. The number of thiophene rings is 1. The maximum absolute atomic E-state index is 12.8. The predicted molar refractivity (Wildman–Crippen MR) is 116 cm³/mol. The minimum atomic E-state index is -3.15. The molecule has 0 unspecified atom stereocenters. The van der Waals surface area contributed by atoms with Crippen molar-refractivity contribution < 1.29 is 23.2 Å². The molecule has 2 heterocycles. The van der Waals surface area contributed by atoms with Gasteiger partial charge in [-0.2, -0.15) is 13.9 Å². The first-order chi connectivity index (χ1) is 15.3. The van der Waals surface area contributed by atoms with Crippen LogP contribution in [-0.4, -0.2) is 27.2 Å². The topological polar surface area (TPSA) is 99.3 Å². The van der Waals surface area contributed by atoms with Gasteiger partial charge in [0.2, 0.25) is 0 Å². The molecule has 11 heteroatoms. The molecule has 0 aliphatic rings. The Hall–Kier alpha value is -3.86. The van der Waals surface area contributed by atoms with E-state index in [1.807, 2.05) is 37.3 Å². The molecule has 164 valence electrons. The van der Waals surface area contributed by atoms with Crippen LogP contribution in [0.2, 0.25) is 0 Å². The summed E-state index contributed by atoms with van der Waals surface area (Å²) in [5.41, 5.74) is 1.20. The Labute approximate surface area is 184 Å². The van der Waals surface area contributed by atoms with Crippen LogP contribution < -0.4 is 10.1 Å². The molecular formula is C21H16F2N4O4S. The maximum Gasteiger partial charge on any atom is 0.387 e. The van der Waals surface area contributed by atoms with Gasteiger partial charge in [0.1, 0.15) is 10.6 Å². The second kappa shape index (κ2) is 8.71. The van der Waals surface area contributed by atoms with Gasteiger partial charge in [-0.15, -0.1) is 11.3 Å². The van der Waals surface area contributed by atoms with Gasteiger partial charge < -0.3 is 10.1 Å². The third kappa shape index (κ3) is 4.42. The first kappa shape index (κ1) is 21.4. The van der Waals surface area contributed by atoms with Crippen molar-refractivity contribution in [2.75, 3.05) is 5.32 Å². The Kier molecular flexibility index (Phi) is 5.82. The Balaban J connectivity index is 1.64. The van der Waals surface area contributed by atoms with Gasteiger partial charge in [0.15, 0.2) is 0 Å². The highest BCUT2D eigenvalue weighted by Gasteiger charge is 2.20. The average molecular weight is 458 g/mol. The van der Waals surface area contributed by atoms with Crippen molar-refractivity contribution in [1.82, 2.24) is 9.78 Å². The van der Waals surface area contributed by atoms with Crippen LogP contribution in [0.3, 0.4) is 0 Å². The van der Waals surface area contributed by atoms with Crippen molar-refractivity contribution in [3.63, 3.8) is 0 Å². The third-order valence-corrected chi connectivity index (χ3v) is 5.79. The standard InChI is InChI=1S/C21H16F2N4O4S/c1-12-15-10-18(32-20(15)26(25-12)11-13-5-3-2-4-6-13)19(28)24-16-9-14(27(29)30)7-8-17(16)31-21(22)23/h2-10,21H,11H2,1H3,(H,24,28). The first-order valence-electron chi connectivity index (χ1n) is 9.37. The minimum Gasteiger partial charge on any atom is -0.433 e. The summed E-state index contributed by atoms with van der Waals surface area (Å²) in [4.78, 5) is 24.3. The molecule has 1 amide bonds. The van der Waals surface area contributed by atoms with E-state index in [-0.39, 0.29) is 17.1 Å². The number of anilines is 1. The van der Waals surface area contributed by atoms with E-state index in [1.165, 1.54) is 11.3 Å². The number of amides is 1. The van der Waals surface area contributed by atoms with Crippen molar-refractivity contribution in [2.24, 2.45) is 0 Å². The van der Waals surface area contributed by atoms with Gasteiger partial charge in [0.25, 0.3) is 11.6 Å². The number of aromatic nitrogens is 2. The molecule has 2 aromatic heterocycles. The number of alkyl halides is 2. The molecule has 1 N–H and O–H groups in total. The van der Waals surface area contributed by atoms with Gasteiger partial charge >= 0.3 is 6.61 Å². The van der Waals surface area contributed by atoms with Crippen LogP contribution in [0.25, 0.3) is 10.2 Å². The number of hydrogen-bond donors (Lipinski definition) is 1. The quantitative estimate of drug-likeness (QED) is 0.303. The molecule has 0 radical (unpaired) electrons. The van der Waals surface area contributed by atoms with Crippen molar-refractivity contribution in [1.29, 1.82) is 0 Å². The van der Waals surface area contributed by atoms with E-state index in [0.717, 1.165) is 39.7 Å². The Morgan fingerprint density at radius 3 is 2.69 bits per heavy atom. The van der Waals surface area contributed by atoms with Crippen LogP contribution in [-0.2, 0) is 6.54 Å². The molecule has 0 aliphatic heterocycles. The van der Waals surface area contributed by atoms with Gasteiger partial charge in [-0.05, 0) is 24.6 Å². The monoisotopic (exact) mass is 458 g/mol. The lowest BCUT2D eigenvalue weighted by molar-refractivity contribution is -0.384. The number of benzene rings is 2. The lowest BCUT2D eigenvalue weighted by Gasteiger charge is -2.11. The number of non-ortho nitro benzene ring substituents is 1. The average Bonchev–Trinajstić information content (AvgIpc) is 3.31. The Morgan fingerprint density at radius 2 is 2.00 bits per heavy atom. The summed E-state index contributed by atoms with van der Waals surface area (Å²) in [6.45, 7) is -0.805. The fraction of sp³-hybridized carbons (Fsp3) is 0.143. The number of carbonyl (C=O) groups excluding carboxylic acids is 1. The molecule has 0 saturated carbocycles. The number of carbonyl (C=O) groups is 1. The molecule has 32 heavy (non-hydrogen) atoms. The van der Waals surface area contributed by atoms with Crippen LogP contribution in [0, 0.1) is 17.0 Å². The van der Waals surface area contributed by atoms with Gasteiger partial charge in [-0.1, -0.05) is 30.3 Å². The summed E-state index contributed by atoms with van der Waals surface area (Å²) in [6.07, 6.45) is 0. The van der Waals surface area contributed by atoms with E-state index in [2.05, 4.69) is 15.2 Å². The first-order valence-corrected chi connectivity index (χ1v) is 10.2. The Morgan fingerprint density at radius 1 is 1.25 bits per heavy atom. The van der Waals surface area contributed by atoms with E-state index < -0.39 is 17.4 Å². The molecule has 0 fully saturated rings. The number of ether oxygens (including phenoxy) is 1. The van der Waals surface area contributed by atoms with Gasteiger partial charge in [-0.25, -0.2) is 0 Å². The van der Waals surface area contributed by atoms with Crippen LogP contribution in [0.1, 0.15) is 20.9 Å². The van der Waals surface area contributed by atoms with Crippen molar-refractivity contribution in [2.45, 2.75) is 20.1 Å². The SMILES string of the molecule is Cc1nn(Cc2ccccc2)c2sc(C(=O)Nc3cc([N+](=O)[O-])ccc3OC(F)F)cc12. The number of hydrogen-bond acceptors (Lipinski definition) is 6. The van der Waals surface area contributed by atoms with Crippen molar-refractivity contribution in [3.05, 3.63) is 80.8 Å². The second-order valence-electron chi connectivity index (χ2n) is 6.83. The van der Waals surface area contributed by atoms with E-state index in [1.54, 1.807) is 10.7 Å². The molecule has 4 rings (SSSR count). The lowest BCUT2D eigenvalue weighted by atomic mass is 10.2. The number of aryl methyl sites for hydroxylation is 1.